The summed E-state index contributed by atoms with van der Waals surface area (Å²) in [4.78, 5) is 25.0. The average molecular weight is 247 g/mol. The third kappa shape index (κ3) is 2.23. The Morgan fingerprint density at radius 2 is 2.06 bits per heavy atom. The Balaban J connectivity index is 2.40. The summed E-state index contributed by atoms with van der Waals surface area (Å²) in [6.07, 6.45) is 0.748. The van der Waals surface area contributed by atoms with Gasteiger partial charge >= 0.3 is 5.97 Å². The van der Waals surface area contributed by atoms with Crippen LogP contribution in [-0.2, 0) is 9.59 Å². The predicted molar refractivity (Wildman–Crippen MR) is 66.9 cm³/mol. The molecular formula is C14H17NO3. The predicted octanol–water partition coefficient (Wildman–Crippen LogP) is 2.07. The fourth-order valence-corrected chi connectivity index (χ4v) is 2.65. The molecule has 0 aliphatic carbocycles. The Morgan fingerprint density at radius 3 is 2.61 bits per heavy atom. The standard InChI is InChI=1S/C14H17NO3/c1-2-15-12(16)9-8-11(14(17)18)13(15)10-6-4-3-5-7-10/h3-7,11,13H,2,8-9H2,1H3,(H,17,18)/t11-,13+/m0/s1. The Kier molecular flexibility index (Phi) is 3.65. The zero-order chi connectivity index (χ0) is 13.1. The van der Waals surface area contributed by atoms with E-state index in [-0.39, 0.29) is 11.9 Å². The summed E-state index contributed by atoms with van der Waals surface area (Å²) in [7, 11) is 0. The van der Waals surface area contributed by atoms with Gasteiger partial charge in [-0.2, -0.15) is 0 Å². The lowest BCUT2D eigenvalue weighted by molar-refractivity contribution is -0.151. The highest BCUT2D eigenvalue weighted by Crippen LogP contribution is 2.36. The normalized spacial score (nSPS) is 24.1. The van der Waals surface area contributed by atoms with E-state index in [0.717, 1.165) is 5.56 Å². The number of benzene rings is 1. The maximum absolute atomic E-state index is 11.9. The molecule has 0 spiro atoms. The zero-order valence-corrected chi connectivity index (χ0v) is 10.4. The van der Waals surface area contributed by atoms with Crippen molar-refractivity contribution >= 4 is 11.9 Å². The molecule has 1 aliphatic heterocycles. The highest BCUT2D eigenvalue weighted by Gasteiger charge is 2.39. The van der Waals surface area contributed by atoms with Crippen LogP contribution in [0, 0.1) is 5.92 Å². The number of nitrogens with zero attached hydrogens (tertiary/aromatic N) is 1. The van der Waals surface area contributed by atoms with Crippen LogP contribution < -0.4 is 0 Å². The molecular weight excluding hydrogens is 230 g/mol. The summed E-state index contributed by atoms with van der Waals surface area (Å²) >= 11 is 0. The van der Waals surface area contributed by atoms with Gasteiger partial charge < -0.3 is 10.0 Å². The first-order valence-corrected chi connectivity index (χ1v) is 6.22. The molecule has 1 heterocycles. The van der Waals surface area contributed by atoms with Gasteiger partial charge in [0.1, 0.15) is 0 Å². The number of carboxylic acids is 1. The van der Waals surface area contributed by atoms with Gasteiger partial charge in [-0.15, -0.1) is 0 Å². The number of hydrogen-bond acceptors (Lipinski definition) is 2. The number of aliphatic carboxylic acids is 1. The number of carboxylic acid groups (broad SMARTS) is 1. The molecule has 1 aromatic rings. The lowest BCUT2D eigenvalue weighted by Gasteiger charge is -2.39. The molecule has 4 heteroatoms. The highest BCUT2D eigenvalue weighted by atomic mass is 16.4. The number of amides is 1. The zero-order valence-electron chi connectivity index (χ0n) is 10.4. The first-order valence-electron chi connectivity index (χ1n) is 6.22. The fraction of sp³-hybridized carbons (Fsp3) is 0.429. The van der Waals surface area contributed by atoms with Crippen LogP contribution in [0.3, 0.4) is 0 Å². The Labute approximate surface area is 106 Å². The first kappa shape index (κ1) is 12.6. The van der Waals surface area contributed by atoms with E-state index >= 15 is 0 Å². The van der Waals surface area contributed by atoms with E-state index in [4.69, 9.17) is 0 Å². The van der Waals surface area contributed by atoms with Gasteiger partial charge in [-0.25, -0.2) is 0 Å². The topological polar surface area (TPSA) is 57.6 Å². The van der Waals surface area contributed by atoms with Gasteiger partial charge in [-0.1, -0.05) is 30.3 Å². The number of piperidine rings is 1. The van der Waals surface area contributed by atoms with Gasteiger partial charge in [0.05, 0.1) is 12.0 Å². The third-order valence-corrected chi connectivity index (χ3v) is 3.51. The molecule has 0 bridgehead atoms. The fourth-order valence-electron chi connectivity index (χ4n) is 2.65. The van der Waals surface area contributed by atoms with Crippen LogP contribution in [0.25, 0.3) is 0 Å². The summed E-state index contributed by atoms with van der Waals surface area (Å²) in [6, 6.07) is 9.08. The molecule has 1 aliphatic rings. The SMILES string of the molecule is CCN1C(=O)CC[C@H](C(=O)O)[C@H]1c1ccccc1. The highest BCUT2D eigenvalue weighted by molar-refractivity contribution is 5.81. The van der Waals surface area contributed by atoms with E-state index in [2.05, 4.69) is 0 Å². The number of carbonyl (C=O) groups excluding carboxylic acids is 1. The van der Waals surface area contributed by atoms with Crippen molar-refractivity contribution < 1.29 is 14.7 Å². The van der Waals surface area contributed by atoms with Crippen molar-refractivity contribution in [3.05, 3.63) is 35.9 Å². The lowest BCUT2D eigenvalue weighted by atomic mass is 9.84. The van der Waals surface area contributed by atoms with Crippen molar-refractivity contribution in [2.45, 2.75) is 25.8 Å². The van der Waals surface area contributed by atoms with Gasteiger partial charge in [-0.05, 0) is 18.9 Å². The molecule has 18 heavy (non-hydrogen) atoms. The van der Waals surface area contributed by atoms with E-state index in [9.17, 15) is 14.7 Å². The van der Waals surface area contributed by atoms with Crippen molar-refractivity contribution in [2.75, 3.05) is 6.54 Å². The number of rotatable bonds is 3. The van der Waals surface area contributed by atoms with Gasteiger partial charge in [0.25, 0.3) is 0 Å². The second-order valence-corrected chi connectivity index (χ2v) is 4.52. The van der Waals surface area contributed by atoms with Crippen molar-refractivity contribution in [2.24, 2.45) is 5.92 Å². The molecule has 4 nitrogen and oxygen atoms in total. The number of likely N-dealkylation sites (tertiary alicyclic amines) is 1. The molecule has 1 fully saturated rings. The lowest BCUT2D eigenvalue weighted by Crippen LogP contribution is -2.45. The summed E-state index contributed by atoms with van der Waals surface area (Å²) < 4.78 is 0. The minimum atomic E-state index is -0.824. The number of hydrogen-bond donors (Lipinski definition) is 1. The van der Waals surface area contributed by atoms with Crippen LogP contribution in [-0.4, -0.2) is 28.4 Å². The maximum atomic E-state index is 11.9. The molecule has 1 saturated heterocycles. The third-order valence-electron chi connectivity index (χ3n) is 3.51. The summed E-state index contributed by atoms with van der Waals surface area (Å²) in [6.45, 7) is 2.43. The van der Waals surface area contributed by atoms with Crippen LogP contribution in [0.1, 0.15) is 31.4 Å². The van der Waals surface area contributed by atoms with Crippen molar-refractivity contribution in [1.29, 1.82) is 0 Å². The molecule has 1 N–H and O–H groups in total. The number of carbonyl (C=O) groups is 2. The van der Waals surface area contributed by atoms with Gasteiger partial charge in [0.2, 0.25) is 5.91 Å². The van der Waals surface area contributed by atoms with Crippen molar-refractivity contribution in [1.82, 2.24) is 4.90 Å². The molecule has 1 amide bonds. The average Bonchev–Trinajstić information content (AvgIpc) is 2.39. The molecule has 0 aromatic heterocycles. The smallest absolute Gasteiger partial charge is 0.308 e. The summed E-state index contributed by atoms with van der Waals surface area (Å²) in [5.74, 6) is -1.29. The molecule has 96 valence electrons. The molecule has 0 radical (unpaired) electrons. The van der Waals surface area contributed by atoms with Crippen LogP contribution >= 0.6 is 0 Å². The Hall–Kier alpha value is -1.84. The van der Waals surface area contributed by atoms with E-state index < -0.39 is 11.9 Å². The van der Waals surface area contributed by atoms with Gasteiger partial charge in [-0.3, -0.25) is 9.59 Å². The largest absolute Gasteiger partial charge is 0.481 e. The monoisotopic (exact) mass is 247 g/mol. The van der Waals surface area contributed by atoms with E-state index in [0.29, 0.717) is 19.4 Å². The molecule has 2 atom stereocenters. The van der Waals surface area contributed by atoms with Crippen LogP contribution in [0.5, 0.6) is 0 Å². The summed E-state index contributed by atoms with van der Waals surface area (Å²) in [5.41, 5.74) is 0.903. The Bertz CT molecular complexity index is 442. The molecule has 0 unspecified atom stereocenters. The second kappa shape index (κ2) is 5.21. The second-order valence-electron chi connectivity index (χ2n) is 4.52. The maximum Gasteiger partial charge on any atom is 0.308 e. The minimum Gasteiger partial charge on any atom is -0.481 e. The molecule has 1 aromatic carbocycles. The van der Waals surface area contributed by atoms with Crippen LogP contribution in [0.15, 0.2) is 30.3 Å². The van der Waals surface area contributed by atoms with E-state index in [1.54, 1.807) is 4.90 Å². The minimum absolute atomic E-state index is 0.0452. The molecule has 2 rings (SSSR count). The van der Waals surface area contributed by atoms with Crippen LogP contribution in [0.4, 0.5) is 0 Å². The van der Waals surface area contributed by atoms with Crippen LogP contribution in [0.2, 0.25) is 0 Å². The van der Waals surface area contributed by atoms with E-state index in [1.165, 1.54) is 0 Å². The van der Waals surface area contributed by atoms with Gasteiger partial charge in [0, 0.05) is 13.0 Å². The molecule has 0 saturated carbocycles. The summed E-state index contributed by atoms with van der Waals surface area (Å²) in [5, 5.41) is 9.33. The first-order chi connectivity index (χ1) is 8.65. The van der Waals surface area contributed by atoms with Crippen molar-refractivity contribution in [3.63, 3.8) is 0 Å². The van der Waals surface area contributed by atoms with E-state index in [1.807, 2.05) is 37.3 Å². The van der Waals surface area contributed by atoms with Crippen molar-refractivity contribution in [3.8, 4) is 0 Å². The Morgan fingerprint density at radius 1 is 1.39 bits per heavy atom. The van der Waals surface area contributed by atoms with Gasteiger partial charge in [0.15, 0.2) is 0 Å². The quantitative estimate of drug-likeness (QED) is 0.889.